The number of rotatable bonds is 1. The van der Waals surface area contributed by atoms with E-state index >= 15 is 0 Å². The van der Waals surface area contributed by atoms with Crippen LogP contribution >= 0.6 is 27.5 Å². The summed E-state index contributed by atoms with van der Waals surface area (Å²) in [6.07, 6.45) is 0.824. The summed E-state index contributed by atoms with van der Waals surface area (Å²) in [5.41, 5.74) is 9.63. The minimum atomic E-state index is -0.0294. The van der Waals surface area contributed by atoms with Crippen molar-refractivity contribution in [3.8, 4) is 0 Å². The van der Waals surface area contributed by atoms with Crippen LogP contribution in [-0.2, 0) is 13.0 Å². The summed E-state index contributed by atoms with van der Waals surface area (Å²) < 4.78 is 0.753. The normalized spacial score (nSPS) is 13.9. The van der Waals surface area contributed by atoms with E-state index in [0.29, 0.717) is 23.7 Å². The molecular weight excluding hydrogens is 352 g/mol. The Morgan fingerprint density at radius 2 is 2.10 bits per heavy atom. The third kappa shape index (κ3) is 2.78. The molecule has 0 aromatic heterocycles. The molecule has 0 saturated carbocycles. The molecule has 2 aromatic carbocycles. The standard InChI is InChI=1S/C16H14BrClN2O/c17-14-5-4-11(18)8-12(14)16(21)20-7-6-10-2-1-3-15(19)13(10)9-20/h1-5,8H,6-7,9,19H2. The second-order valence-electron chi connectivity index (χ2n) is 5.09. The molecule has 3 rings (SSSR count). The quantitative estimate of drug-likeness (QED) is 0.780. The van der Waals surface area contributed by atoms with Gasteiger partial charge in [-0.15, -0.1) is 0 Å². The van der Waals surface area contributed by atoms with Gasteiger partial charge < -0.3 is 10.6 Å². The number of hydrogen-bond donors (Lipinski definition) is 1. The molecule has 2 N–H and O–H groups in total. The average molecular weight is 366 g/mol. The van der Waals surface area contributed by atoms with E-state index in [9.17, 15) is 4.79 Å². The maximum absolute atomic E-state index is 12.7. The molecule has 0 atom stereocenters. The highest BCUT2D eigenvalue weighted by atomic mass is 79.9. The van der Waals surface area contributed by atoms with E-state index in [1.807, 2.05) is 17.0 Å². The molecule has 0 aliphatic carbocycles. The van der Waals surface area contributed by atoms with Gasteiger partial charge in [0.1, 0.15) is 0 Å². The second-order valence-corrected chi connectivity index (χ2v) is 6.38. The summed E-state index contributed by atoms with van der Waals surface area (Å²) in [6, 6.07) is 11.1. The summed E-state index contributed by atoms with van der Waals surface area (Å²) in [4.78, 5) is 14.5. The minimum Gasteiger partial charge on any atom is -0.398 e. The Hall–Kier alpha value is -1.52. The first-order valence-corrected chi connectivity index (χ1v) is 7.84. The summed E-state index contributed by atoms with van der Waals surface area (Å²) in [5, 5.41) is 0.554. The number of amides is 1. The van der Waals surface area contributed by atoms with Crippen LogP contribution in [0.4, 0.5) is 5.69 Å². The van der Waals surface area contributed by atoms with Crippen LogP contribution in [0.25, 0.3) is 0 Å². The van der Waals surface area contributed by atoms with Crippen LogP contribution in [0.15, 0.2) is 40.9 Å². The third-order valence-corrected chi connectivity index (χ3v) is 4.68. The van der Waals surface area contributed by atoms with Crippen molar-refractivity contribution in [2.24, 2.45) is 0 Å². The zero-order valence-electron chi connectivity index (χ0n) is 11.3. The molecule has 5 heteroatoms. The van der Waals surface area contributed by atoms with Crippen molar-refractivity contribution in [1.82, 2.24) is 4.90 Å². The van der Waals surface area contributed by atoms with Crippen molar-refractivity contribution >= 4 is 39.1 Å². The lowest BCUT2D eigenvalue weighted by atomic mass is 9.97. The lowest BCUT2D eigenvalue weighted by Gasteiger charge is -2.30. The molecule has 0 radical (unpaired) electrons. The zero-order chi connectivity index (χ0) is 15.0. The first kappa shape index (κ1) is 14.4. The number of carbonyl (C=O) groups excluding carboxylic acids is 1. The Balaban J connectivity index is 1.91. The molecule has 1 aliphatic rings. The average Bonchev–Trinajstić information content (AvgIpc) is 2.49. The van der Waals surface area contributed by atoms with Crippen molar-refractivity contribution in [2.75, 3.05) is 12.3 Å². The summed E-state index contributed by atoms with van der Waals surface area (Å²) in [7, 11) is 0. The van der Waals surface area contributed by atoms with Crippen LogP contribution in [0.3, 0.4) is 0 Å². The number of carbonyl (C=O) groups is 1. The van der Waals surface area contributed by atoms with E-state index in [4.69, 9.17) is 17.3 Å². The largest absolute Gasteiger partial charge is 0.398 e. The van der Waals surface area contributed by atoms with Crippen molar-refractivity contribution in [2.45, 2.75) is 13.0 Å². The first-order valence-electron chi connectivity index (χ1n) is 6.67. The fraction of sp³-hybridized carbons (Fsp3) is 0.188. The smallest absolute Gasteiger partial charge is 0.255 e. The Morgan fingerprint density at radius 3 is 2.90 bits per heavy atom. The van der Waals surface area contributed by atoms with Crippen molar-refractivity contribution in [3.05, 3.63) is 62.6 Å². The molecule has 108 valence electrons. The Morgan fingerprint density at radius 1 is 1.29 bits per heavy atom. The van der Waals surface area contributed by atoms with Crippen molar-refractivity contribution < 1.29 is 4.79 Å². The lowest BCUT2D eigenvalue weighted by Crippen LogP contribution is -2.36. The molecule has 1 heterocycles. The van der Waals surface area contributed by atoms with E-state index in [1.54, 1.807) is 18.2 Å². The predicted molar refractivity (Wildman–Crippen MR) is 88.5 cm³/mol. The van der Waals surface area contributed by atoms with E-state index < -0.39 is 0 Å². The number of nitrogens with zero attached hydrogens (tertiary/aromatic N) is 1. The highest BCUT2D eigenvalue weighted by Crippen LogP contribution is 2.28. The van der Waals surface area contributed by atoms with Gasteiger partial charge in [0, 0.05) is 28.3 Å². The van der Waals surface area contributed by atoms with E-state index in [2.05, 4.69) is 22.0 Å². The number of nitrogens with two attached hydrogens (primary N) is 1. The molecule has 0 fully saturated rings. The molecule has 0 saturated heterocycles. The highest BCUT2D eigenvalue weighted by Gasteiger charge is 2.24. The first-order chi connectivity index (χ1) is 10.1. The van der Waals surface area contributed by atoms with Gasteiger partial charge in [0.15, 0.2) is 0 Å². The predicted octanol–water partition coefficient (Wildman–Crippen LogP) is 3.88. The maximum Gasteiger partial charge on any atom is 0.255 e. The van der Waals surface area contributed by atoms with Gasteiger partial charge in [0.25, 0.3) is 5.91 Å². The number of halogens is 2. The Kier molecular flexibility index (Phi) is 3.91. The van der Waals surface area contributed by atoms with Gasteiger partial charge in [0.2, 0.25) is 0 Å². The molecule has 0 unspecified atom stereocenters. The zero-order valence-corrected chi connectivity index (χ0v) is 13.6. The number of hydrogen-bond acceptors (Lipinski definition) is 2. The van der Waals surface area contributed by atoms with Crippen molar-refractivity contribution in [3.63, 3.8) is 0 Å². The Bertz CT molecular complexity index is 717. The van der Waals surface area contributed by atoms with Crippen LogP contribution in [0, 0.1) is 0 Å². The Labute approximate surface area is 136 Å². The summed E-state index contributed by atoms with van der Waals surface area (Å²) >= 11 is 9.41. The van der Waals surface area contributed by atoms with Crippen molar-refractivity contribution in [1.29, 1.82) is 0 Å². The van der Waals surface area contributed by atoms with Gasteiger partial charge in [-0.1, -0.05) is 23.7 Å². The molecule has 3 nitrogen and oxygen atoms in total. The lowest BCUT2D eigenvalue weighted by molar-refractivity contribution is 0.0734. The van der Waals surface area contributed by atoms with Gasteiger partial charge in [-0.3, -0.25) is 4.79 Å². The second kappa shape index (κ2) is 5.70. The molecule has 1 amide bonds. The van der Waals surface area contributed by atoms with E-state index in [-0.39, 0.29) is 5.91 Å². The van der Waals surface area contributed by atoms with Crippen LogP contribution in [-0.4, -0.2) is 17.4 Å². The molecule has 0 spiro atoms. The fourth-order valence-corrected chi connectivity index (χ4v) is 3.20. The van der Waals surface area contributed by atoms with E-state index in [1.165, 1.54) is 5.56 Å². The van der Waals surface area contributed by atoms with Gasteiger partial charge in [-0.05, 0) is 57.7 Å². The van der Waals surface area contributed by atoms with Gasteiger partial charge in [-0.25, -0.2) is 0 Å². The number of anilines is 1. The van der Waals surface area contributed by atoms with E-state index in [0.717, 1.165) is 22.1 Å². The topological polar surface area (TPSA) is 46.3 Å². The number of nitrogen functional groups attached to an aromatic ring is 1. The molecule has 2 aromatic rings. The molecule has 1 aliphatic heterocycles. The minimum absolute atomic E-state index is 0.0294. The van der Waals surface area contributed by atoms with Crippen LogP contribution in [0.2, 0.25) is 5.02 Å². The van der Waals surface area contributed by atoms with Crippen LogP contribution < -0.4 is 5.73 Å². The highest BCUT2D eigenvalue weighted by molar-refractivity contribution is 9.10. The summed E-state index contributed by atoms with van der Waals surface area (Å²) in [6.45, 7) is 1.23. The van der Waals surface area contributed by atoms with Gasteiger partial charge in [0.05, 0.1) is 5.56 Å². The molecular formula is C16H14BrClN2O. The third-order valence-electron chi connectivity index (χ3n) is 3.76. The van der Waals surface area contributed by atoms with Crippen LogP contribution in [0.1, 0.15) is 21.5 Å². The van der Waals surface area contributed by atoms with Crippen LogP contribution in [0.5, 0.6) is 0 Å². The maximum atomic E-state index is 12.7. The summed E-state index contributed by atoms with van der Waals surface area (Å²) in [5.74, 6) is -0.0294. The fourth-order valence-electron chi connectivity index (χ4n) is 2.61. The number of fused-ring (bicyclic) bond motifs is 1. The number of benzene rings is 2. The van der Waals surface area contributed by atoms with Gasteiger partial charge in [-0.2, -0.15) is 0 Å². The molecule has 21 heavy (non-hydrogen) atoms. The molecule has 0 bridgehead atoms. The monoisotopic (exact) mass is 364 g/mol. The SMILES string of the molecule is Nc1cccc2c1CN(C(=O)c1cc(Cl)ccc1Br)CC2. The van der Waals surface area contributed by atoms with Gasteiger partial charge >= 0.3 is 0 Å².